The molecule has 3 amide bonds. The van der Waals surface area contributed by atoms with Crippen LogP contribution < -0.4 is 10.6 Å². The SMILES string of the molecule is CC(CCN1CCC(C2(C)NC(=O)NC2=O)CC1)c1ccccc1. The predicted molar refractivity (Wildman–Crippen MR) is 93.7 cm³/mol. The van der Waals surface area contributed by atoms with E-state index in [9.17, 15) is 9.59 Å². The summed E-state index contributed by atoms with van der Waals surface area (Å²) in [6.07, 6.45) is 3.04. The van der Waals surface area contributed by atoms with Gasteiger partial charge >= 0.3 is 6.03 Å². The summed E-state index contributed by atoms with van der Waals surface area (Å²) in [7, 11) is 0. The lowest BCUT2D eigenvalue weighted by Gasteiger charge is -2.38. The Labute approximate surface area is 143 Å². The van der Waals surface area contributed by atoms with Crippen molar-refractivity contribution >= 4 is 11.9 Å². The molecule has 2 heterocycles. The molecule has 5 heteroatoms. The van der Waals surface area contributed by atoms with Crippen LogP contribution in [0.15, 0.2) is 30.3 Å². The third-order valence-electron chi connectivity index (χ3n) is 5.72. The second kappa shape index (κ2) is 6.93. The largest absolute Gasteiger partial charge is 0.323 e. The molecule has 0 aliphatic carbocycles. The van der Waals surface area contributed by atoms with E-state index in [1.54, 1.807) is 0 Å². The van der Waals surface area contributed by atoms with Crippen LogP contribution in [0.5, 0.6) is 0 Å². The monoisotopic (exact) mass is 329 g/mol. The van der Waals surface area contributed by atoms with Gasteiger partial charge in [-0.25, -0.2) is 4.79 Å². The number of likely N-dealkylation sites (tertiary alicyclic amines) is 1. The van der Waals surface area contributed by atoms with Gasteiger partial charge in [-0.1, -0.05) is 37.3 Å². The summed E-state index contributed by atoms with van der Waals surface area (Å²) >= 11 is 0. The maximum absolute atomic E-state index is 12.1. The van der Waals surface area contributed by atoms with E-state index in [1.807, 2.05) is 6.92 Å². The Balaban J connectivity index is 1.47. The van der Waals surface area contributed by atoms with Crippen LogP contribution in [0.4, 0.5) is 4.79 Å². The Bertz CT molecular complexity index is 596. The maximum atomic E-state index is 12.1. The van der Waals surface area contributed by atoms with Gasteiger partial charge in [0.05, 0.1) is 0 Å². The number of urea groups is 1. The topological polar surface area (TPSA) is 61.4 Å². The highest BCUT2D eigenvalue weighted by Gasteiger charge is 2.48. The fraction of sp³-hybridized carbons (Fsp3) is 0.579. The molecule has 2 aliphatic heterocycles. The molecule has 0 bridgehead atoms. The van der Waals surface area contributed by atoms with Crippen LogP contribution in [0.2, 0.25) is 0 Å². The molecule has 130 valence electrons. The van der Waals surface area contributed by atoms with Gasteiger partial charge in [-0.2, -0.15) is 0 Å². The number of hydrogen-bond donors (Lipinski definition) is 2. The Morgan fingerprint density at radius 3 is 2.46 bits per heavy atom. The first-order valence-electron chi connectivity index (χ1n) is 8.90. The van der Waals surface area contributed by atoms with E-state index in [4.69, 9.17) is 0 Å². The van der Waals surface area contributed by atoms with E-state index in [0.29, 0.717) is 5.92 Å². The summed E-state index contributed by atoms with van der Waals surface area (Å²) in [5, 5.41) is 5.19. The van der Waals surface area contributed by atoms with Crippen LogP contribution in [0.1, 0.15) is 44.6 Å². The number of rotatable bonds is 5. The first kappa shape index (κ1) is 17.0. The molecular formula is C19H27N3O2. The lowest BCUT2D eigenvalue weighted by Crippen LogP contribution is -2.53. The summed E-state index contributed by atoms with van der Waals surface area (Å²) in [4.78, 5) is 26.0. The minimum atomic E-state index is -0.736. The van der Waals surface area contributed by atoms with Crippen molar-refractivity contribution in [3.63, 3.8) is 0 Å². The van der Waals surface area contributed by atoms with Crippen molar-refractivity contribution < 1.29 is 9.59 Å². The van der Waals surface area contributed by atoms with Crippen molar-refractivity contribution in [3.05, 3.63) is 35.9 Å². The quantitative estimate of drug-likeness (QED) is 0.816. The molecule has 5 nitrogen and oxygen atoms in total. The van der Waals surface area contributed by atoms with Gasteiger partial charge in [0.15, 0.2) is 0 Å². The van der Waals surface area contributed by atoms with Crippen molar-refractivity contribution in [2.24, 2.45) is 5.92 Å². The Kier molecular flexibility index (Phi) is 4.90. The number of carbonyl (C=O) groups excluding carboxylic acids is 2. The van der Waals surface area contributed by atoms with E-state index in [2.05, 4.69) is 52.8 Å². The smallest absolute Gasteiger partial charge is 0.322 e. The number of amides is 3. The van der Waals surface area contributed by atoms with E-state index in [0.717, 1.165) is 38.9 Å². The lowest BCUT2D eigenvalue weighted by molar-refractivity contribution is -0.125. The Morgan fingerprint density at radius 2 is 1.88 bits per heavy atom. The highest BCUT2D eigenvalue weighted by molar-refractivity contribution is 6.06. The number of nitrogens with zero attached hydrogens (tertiary/aromatic N) is 1. The average molecular weight is 329 g/mol. The van der Waals surface area contributed by atoms with E-state index in [1.165, 1.54) is 5.56 Å². The first-order valence-corrected chi connectivity index (χ1v) is 8.90. The number of imide groups is 1. The predicted octanol–water partition coefficient (Wildman–Crippen LogP) is 2.49. The van der Waals surface area contributed by atoms with Gasteiger partial charge in [0.1, 0.15) is 5.54 Å². The average Bonchev–Trinajstić information content (AvgIpc) is 2.87. The fourth-order valence-electron chi connectivity index (χ4n) is 3.90. The van der Waals surface area contributed by atoms with Crippen LogP contribution >= 0.6 is 0 Å². The molecule has 24 heavy (non-hydrogen) atoms. The van der Waals surface area contributed by atoms with Gasteiger partial charge in [-0.05, 0) is 63.2 Å². The summed E-state index contributed by atoms with van der Waals surface area (Å²) in [5.41, 5.74) is 0.658. The van der Waals surface area contributed by atoms with Crippen molar-refractivity contribution in [2.45, 2.75) is 44.6 Å². The number of carbonyl (C=O) groups is 2. The molecule has 2 unspecified atom stereocenters. The van der Waals surface area contributed by atoms with Gasteiger partial charge in [-0.15, -0.1) is 0 Å². The van der Waals surface area contributed by atoms with Crippen LogP contribution in [0.3, 0.4) is 0 Å². The minimum absolute atomic E-state index is 0.177. The number of hydrogen-bond acceptors (Lipinski definition) is 3. The van der Waals surface area contributed by atoms with Gasteiger partial charge in [0.2, 0.25) is 0 Å². The summed E-state index contributed by atoms with van der Waals surface area (Å²) in [6.45, 7) is 7.19. The van der Waals surface area contributed by atoms with Crippen molar-refractivity contribution in [2.75, 3.05) is 19.6 Å². The highest BCUT2D eigenvalue weighted by Crippen LogP contribution is 2.31. The molecule has 0 aromatic heterocycles. The molecule has 2 aliphatic rings. The molecule has 3 rings (SSSR count). The van der Waals surface area contributed by atoms with Gasteiger partial charge < -0.3 is 10.2 Å². The van der Waals surface area contributed by atoms with Gasteiger partial charge in [0.25, 0.3) is 5.91 Å². The van der Waals surface area contributed by atoms with Crippen LogP contribution in [0.25, 0.3) is 0 Å². The molecule has 1 aromatic carbocycles. The molecule has 0 spiro atoms. The summed E-state index contributed by atoms with van der Waals surface area (Å²) < 4.78 is 0. The third-order valence-corrected chi connectivity index (χ3v) is 5.72. The molecule has 2 atom stereocenters. The van der Waals surface area contributed by atoms with E-state index in [-0.39, 0.29) is 17.9 Å². The third kappa shape index (κ3) is 3.46. The van der Waals surface area contributed by atoms with E-state index < -0.39 is 5.54 Å². The lowest BCUT2D eigenvalue weighted by atomic mass is 9.79. The summed E-state index contributed by atoms with van der Waals surface area (Å²) in [6, 6.07) is 10.3. The molecular weight excluding hydrogens is 302 g/mol. The second-order valence-corrected chi connectivity index (χ2v) is 7.33. The van der Waals surface area contributed by atoms with Crippen LogP contribution in [-0.4, -0.2) is 42.0 Å². The van der Waals surface area contributed by atoms with Crippen LogP contribution in [-0.2, 0) is 4.79 Å². The zero-order valence-corrected chi connectivity index (χ0v) is 14.5. The van der Waals surface area contributed by atoms with Gasteiger partial charge in [-0.3, -0.25) is 10.1 Å². The zero-order valence-electron chi connectivity index (χ0n) is 14.5. The van der Waals surface area contributed by atoms with Crippen molar-refractivity contribution in [1.82, 2.24) is 15.5 Å². The maximum Gasteiger partial charge on any atom is 0.322 e. The molecule has 0 radical (unpaired) electrons. The number of nitrogens with one attached hydrogen (secondary N) is 2. The second-order valence-electron chi connectivity index (χ2n) is 7.33. The molecule has 2 N–H and O–H groups in total. The Hall–Kier alpha value is -1.88. The molecule has 1 aromatic rings. The molecule has 0 saturated carbocycles. The summed E-state index contributed by atoms with van der Waals surface area (Å²) in [5.74, 6) is 0.594. The van der Waals surface area contributed by atoms with Crippen LogP contribution in [0, 0.1) is 5.92 Å². The first-order chi connectivity index (χ1) is 11.5. The highest BCUT2D eigenvalue weighted by atomic mass is 16.2. The fourth-order valence-corrected chi connectivity index (χ4v) is 3.90. The molecule has 2 fully saturated rings. The number of benzene rings is 1. The Morgan fingerprint density at radius 1 is 1.21 bits per heavy atom. The number of piperidine rings is 1. The van der Waals surface area contributed by atoms with Gasteiger partial charge in [0, 0.05) is 0 Å². The zero-order chi connectivity index (χ0) is 17.2. The van der Waals surface area contributed by atoms with Crippen molar-refractivity contribution in [1.29, 1.82) is 0 Å². The van der Waals surface area contributed by atoms with Crippen molar-refractivity contribution in [3.8, 4) is 0 Å². The minimum Gasteiger partial charge on any atom is -0.323 e. The molecule has 2 saturated heterocycles. The standard InChI is InChI=1S/C19H27N3O2/c1-14(15-6-4-3-5-7-15)8-11-22-12-9-16(10-13-22)19(2)17(23)20-18(24)21-19/h3-7,14,16H,8-13H2,1-2H3,(H2,20,21,23,24). The normalized spacial score (nSPS) is 26.9. The van der Waals surface area contributed by atoms with E-state index >= 15 is 0 Å².